The topological polar surface area (TPSA) is 41.4 Å². The number of imidazole rings is 1. The molecule has 1 aliphatic heterocycles. The fourth-order valence-electron chi connectivity index (χ4n) is 3.92. The van der Waals surface area contributed by atoms with E-state index in [9.17, 15) is 18.0 Å². The SMILES string of the molecule is O=C(c1ccc(Cn2ccnc2)cc1)N1CCCN(Cc2ccc(C(F)(F)F)cc2)CC1. The smallest absolute Gasteiger partial charge is 0.337 e. The van der Waals surface area contributed by atoms with E-state index in [4.69, 9.17) is 0 Å². The standard InChI is InChI=1S/C24H25F3N4O/c25-24(26,27)22-8-4-20(5-9-22)16-29-11-1-12-31(15-14-29)23(32)21-6-2-19(3-7-21)17-30-13-10-28-18-30/h2-10,13,18H,1,11-12,14-17H2. The summed E-state index contributed by atoms with van der Waals surface area (Å²) in [6.07, 6.45) is 1.89. The minimum Gasteiger partial charge on any atom is -0.337 e. The third kappa shape index (κ3) is 5.56. The molecule has 1 amide bonds. The van der Waals surface area contributed by atoms with E-state index in [1.54, 1.807) is 12.5 Å². The molecule has 0 radical (unpaired) electrons. The number of amides is 1. The molecule has 5 nitrogen and oxygen atoms in total. The number of hydrogen-bond acceptors (Lipinski definition) is 3. The second-order valence-electron chi connectivity index (χ2n) is 8.05. The highest BCUT2D eigenvalue weighted by Crippen LogP contribution is 2.29. The minimum absolute atomic E-state index is 0.00978. The summed E-state index contributed by atoms with van der Waals surface area (Å²) in [6, 6.07) is 13.0. The van der Waals surface area contributed by atoms with Gasteiger partial charge in [-0.2, -0.15) is 13.2 Å². The highest BCUT2D eigenvalue weighted by molar-refractivity contribution is 5.94. The van der Waals surface area contributed by atoms with Crippen LogP contribution in [0.3, 0.4) is 0 Å². The monoisotopic (exact) mass is 442 g/mol. The van der Waals surface area contributed by atoms with Gasteiger partial charge in [-0.1, -0.05) is 24.3 Å². The molecule has 32 heavy (non-hydrogen) atoms. The summed E-state index contributed by atoms with van der Waals surface area (Å²) in [4.78, 5) is 21.0. The lowest BCUT2D eigenvalue weighted by Gasteiger charge is -2.22. The molecule has 2 heterocycles. The van der Waals surface area contributed by atoms with E-state index in [2.05, 4.69) is 9.88 Å². The molecule has 2 aromatic carbocycles. The van der Waals surface area contributed by atoms with Crippen LogP contribution >= 0.6 is 0 Å². The second kappa shape index (κ2) is 9.56. The number of alkyl halides is 3. The van der Waals surface area contributed by atoms with Crippen LogP contribution in [-0.4, -0.2) is 51.4 Å². The lowest BCUT2D eigenvalue weighted by Crippen LogP contribution is -2.35. The van der Waals surface area contributed by atoms with Crippen LogP contribution in [-0.2, 0) is 19.3 Å². The van der Waals surface area contributed by atoms with Gasteiger partial charge in [-0.3, -0.25) is 9.69 Å². The minimum atomic E-state index is -4.32. The lowest BCUT2D eigenvalue weighted by molar-refractivity contribution is -0.137. The van der Waals surface area contributed by atoms with E-state index >= 15 is 0 Å². The van der Waals surface area contributed by atoms with Crippen LogP contribution in [0.4, 0.5) is 13.2 Å². The van der Waals surface area contributed by atoms with E-state index in [1.807, 2.05) is 39.9 Å². The van der Waals surface area contributed by atoms with Gasteiger partial charge in [-0.15, -0.1) is 0 Å². The number of halogens is 3. The molecule has 0 bridgehead atoms. The Hall–Kier alpha value is -3.13. The van der Waals surface area contributed by atoms with Gasteiger partial charge >= 0.3 is 6.18 Å². The molecule has 1 saturated heterocycles. The van der Waals surface area contributed by atoms with E-state index < -0.39 is 11.7 Å². The molecule has 1 aliphatic rings. The number of aromatic nitrogens is 2. The number of benzene rings is 2. The Morgan fingerprint density at radius 3 is 2.22 bits per heavy atom. The molecule has 0 unspecified atom stereocenters. The normalized spacial score (nSPS) is 15.5. The Kier molecular flexibility index (Phi) is 6.60. The first kappa shape index (κ1) is 22.1. The molecular weight excluding hydrogens is 417 g/mol. The maximum absolute atomic E-state index is 13.0. The maximum atomic E-state index is 13.0. The number of rotatable bonds is 5. The van der Waals surface area contributed by atoms with Crippen LogP contribution in [0.2, 0.25) is 0 Å². The molecule has 1 fully saturated rings. The van der Waals surface area contributed by atoms with E-state index in [0.717, 1.165) is 36.2 Å². The summed E-state index contributed by atoms with van der Waals surface area (Å²) in [5.41, 5.74) is 1.96. The molecule has 3 aromatic rings. The average molecular weight is 442 g/mol. The number of carbonyl (C=O) groups is 1. The lowest BCUT2D eigenvalue weighted by atomic mass is 10.1. The fourth-order valence-corrected chi connectivity index (χ4v) is 3.92. The van der Waals surface area contributed by atoms with E-state index in [-0.39, 0.29) is 5.91 Å². The van der Waals surface area contributed by atoms with Crippen LogP contribution in [0.5, 0.6) is 0 Å². The van der Waals surface area contributed by atoms with Crippen LogP contribution in [0.15, 0.2) is 67.3 Å². The highest BCUT2D eigenvalue weighted by atomic mass is 19.4. The van der Waals surface area contributed by atoms with Crippen LogP contribution in [0.1, 0.15) is 33.5 Å². The summed E-state index contributed by atoms with van der Waals surface area (Å²) in [6.45, 7) is 4.02. The summed E-state index contributed by atoms with van der Waals surface area (Å²) in [5, 5.41) is 0. The summed E-state index contributed by atoms with van der Waals surface area (Å²) < 4.78 is 40.2. The zero-order chi connectivity index (χ0) is 22.6. The van der Waals surface area contributed by atoms with Crippen molar-refractivity contribution < 1.29 is 18.0 Å². The first-order valence-corrected chi connectivity index (χ1v) is 10.6. The first-order chi connectivity index (χ1) is 15.4. The Bertz CT molecular complexity index is 1010. The van der Waals surface area contributed by atoms with Gasteiger partial charge in [-0.05, 0) is 41.8 Å². The number of carbonyl (C=O) groups excluding carboxylic acids is 1. The van der Waals surface area contributed by atoms with Crippen LogP contribution in [0, 0.1) is 0 Å². The molecule has 168 valence electrons. The Balaban J connectivity index is 1.32. The third-order valence-corrected chi connectivity index (χ3v) is 5.69. The largest absolute Gasteiger partial charge is 0.416 e. The van der Waals surface area contributed by atoms with Gasteiger partial charge < -0.3 is 9.47 Å². The number of nitrogens with zero attached hydrogens (tertiary/aromatic N) is 4. The second-order valence-corrected chi connectivity index (χ2v) is 8.05. The average Bonchev–Trinajstić information content (AvgIpc) is 3.18. The van der Waals surface area contributed by atoms with Crippen molar-refractivity contribution in [2.75, 3.05) is 26.2 Å². The van der Waals surface area contributed by atoms with Gasteiger partial charge in [-0.25, -0.2) is 4.98 Å². The predicted molar refractivity (Wildman–Crippen MR) is 115 cm³/mol. The molecule has 0 saturated carbocycles. The Morgan fingerprint density at radius 1 is 0.875 bits per heavy atom. The van der Waals surface area contributed by atoms with Crippen molar-refractivity contribution in [1.82, 2.24) is 19.4 Å². The Morgan fingerprint density at radius 2 is 1.56 bits per heavy atom. The predicted octanol–water partition coefficient (Wildman–Crippen LogP) is 4.30. The van der Waals surface area contributed by atoms with Crippen molar-refractivity contribution in [1.29, 1.82) is 0 Å². The third-order valence-electron chi connectivity index (χ3n) is 5.69. The van der Waals surface area contributed by atoms with Crippen molar-refractivity contribution in [3.05, 3.63) is 89.5 Å². The molecule has 0 N–H and O–H groups in total. The van der Waals surface area contributed by atoms with Gasteiger partial charge in [0.25, 0.3) is 5.91 Å². The van der Waals surface area contributed by atoms with Crippen LogP contribution < -0.4 is 0 Å². The van der Waals surface area contributed by atoms with Gasteiger partial charge in [0.1, 0.15) is 0 Å². The quantitative estimate of drug-likeness (QED) is 0.592. The molecule has 0 spiro atoms. The van der Waals surface area contributed by atoms with Gasteiger partial charge in [0.2, 0.25) is 0 Å². The molecule has 4 rings (SSSR count). The zero-order valence-electron chi connectivity index (χ0n) is 17.6. The number of hydrogen-bond donors (Lipinski definition) is 0. The zero-order valence-corrected chi connectivity index (χ0v) is 17.6. The molecular formula is C24H25F3N4O. The van der Waals surface area contributed by atoms with Gasteiger partial charge in [0, 0.05) is 57.2 Å². The van der Waals surface area contributed by atoms with Crippen molar-refractivity contribution >= 4 is 5.91 Å². The maximum Gasteiger partial charge on any atom is 0.416 e. The summed E-state index contributed by atoms with van der Waals surface area (Å²) in [5.74, 6) is 0.00978. The summed E-state index contributed by atoms with van der Waals surface area (Å²) in [7, 11) is 0. The molecule has 1 aromatic heterocycles. The van der Waals surface area contributed by atoms with E-state index in [1.165, 1.54) is 12.1 Å². The van der Waals surface area contributed by atoms with Crippen molar-refractivity contribution in [3.63, 3.8) is 0 Å². The van der Waals surface area contributed by atoms with Crippen LogP contribution in [0.25, 0.3) is 0 Å². The highest BCUT2D eigenvalue weighted by Gasteiger charge is 2.30. The summed E-state index contributed by atoms with van der Waals surface area (Å²) >= 11 is 0. The molecule has 0 atom stereocenters. The first-order valence-electron chi connectivity index (χ1n) is 10.6. The fraction of sp³-hybridized carbons (Fsp3) is 0.333. The Labute approximate surface area is 185 Å². The van der Waals surface area contributed by atoms with Gasteiger partial charge in [0.15, 0.2) is 0 Å². The molecule has 0 aliphatic carbocycles. The molecule has 8 heteroatoms. The van der Waals surface area contributed by atoms with Gasteiger partial charge in [0.05, 0.1) is 11.9 Å². The van der Waals surface area contributed by atoms with Crippen molar-refractivity contribution in [3.8, 4) is 0 Å². The van der Waals surface area contributed by atoms with Crippen molar-refractivity contribution in [2.45, 2.75) is 25.7 Å². The van der Waals surface area contributed by atoms with Crippen molar-refractivity contribution in [2.24, 2.45) is 0 Å². The van der Waals surface area contributed by atoms with E-state index in [0.29, 0.717) is 38.3 Å².